The average molecular weight is 398 g/mol. The monoisotopic (exact) mass is 398 g/mol. The number of ether oxygens (including phenoxy) is 2. The van der Waals surface area contributed by atoms with Crippen LogP contribution in [0.3, 0.4) is 0 Å². The van der Waals surface area contributed by atoms with Gasteiger partial charge in [0.2, 0.25) is 0 Å². The summed E-state index contributed by atoms with van der Waals surface area (Å²) >= 11 is 0. The number of benzene rings is 3. The Labute approximate surface area is 173 Å². The molecule has 0 spiro atoms. The van der Waals surface area contributed by atoms with E-state index in [0.29, 0.717) is 16.7 Å². The lowest BCUT2D eigenvalue weighted by Crippen LogP contribution is -2.22. The second-order valence-electron chi connectivity index (χ2n) is 6.41. The summed E-state index contributed by atoms with van der Waals surface area (Å²) in [5.74, 6) is -1.91. The van der Waals surface area contributed by atoms with Crippen LogP contribution >= 0.6 is 0 Å². The van der Waals surface area contributed by atoms with Crippen LogP contribution in [0.1, 0.15) is 6.92 Å². The number of carbonyl (C=O) groups excluding carboxylic acids is 2. The number of hydrogen-bond donors (Lipinski definition) is 0. The maximum absolute atomic E-state index is 11.8. The van der Waals surface area contributed by atoms with Crippen molar-refractivity contribution < 1.29 is 19.1 Å². The number of aromatic nitrogens is 2. The van der Waals surface area contributed by atoms with Crippen molar-refractivity contribution in [3.63, 3.8) is 0 Å². The highest BCUT2D eigenvalue weighted by Crippen LogP contribution is 2.31. The van der Waals surface area contributed by atoms with Gasteiger partial charge in [-0.05, 0) is 19.1 Å². The lowest BCUT2D eigenvalue weighted by Gasteiger charge is -2.11. The predicted molar refractivity (Wildman–Crippen MR) is 113 cm³/mol. The van der Waals surface area contributed by atoms with Crippen LogP contribution < -0.4 is 4.74 Å². The van der Waals surface area contributed by atoms with Crippen LogP contribution in [0.15, 0.2) is 78.9 Å². The quantitative estimate of drug-likeness (QED) is 0.287. The fourth-order valence-electron chi connectivity index (χ4n) is 3.03. The zero-order valence-electron chi connectivity index (χ0n) is 16.2. The van der Waals surface area contributed by atoms with E-state index in [2.05, 4.69) is 4.74 Å². The molecule has 0 fully saturated rings. The van der Waals surface area contributed by atoms with E-state index < -0.39 is 11.9 Å². The van der Waals surface area contributed by atoms with Crippen molar-refractivity contribution in [2.24, 2.45) is 0 Å². The van der Waals surface area contributed by atoms with Gasteiger partial charge in [0, 0.05) is 17.2 Å². The van der Waals surface area contributed by atoms with Crippen LogP contribution in [0.2, 0.25) is 0 Å². The Morgan fingerprint density at radius 1 is 0.733 bits per heavy atom. The lowest BCUT2D eigenvalue weighted by atomic mass is 10.0. The molecule has 1 heterocycles. The molecule has 0 amide bonds. The molecular weight excluding hydrogens is 380 g/mol. The van der Waals surface area contributed by atoms with Gasteiger partial charge in [-0.15, -0.1) is 0 Å². The van der Waals surface area contributed by atoms with E-state index in [9.17, 15) is 9.59 Å². The predicted octanol–water partition coefficient (Wildman–Crippen LogP) is 4.43. The molecule has 4 rings (SSSR count). The first-order valence-corrected chi connectivity index (χ1v) is 9.47. The van der Waals surface area contributed by atoms with E-state index in [4.69, 9.17) is 14.7 Å². The highest BCUT2D eigenvalue weighted by atomic mass is 16.6. The number of carbonyl (C=O) groups is 2. The minimum absolute atomic E-state index is 0.0971. The Balaban J connectivity index is 1.80. The van der Waals surface area contributed by atoms with E-state index in [1.54, 1.807) is 25.1 Å². The number of fused-ring (bicyclic) bond motifs is 1. The van der Waals surface area contributed by atoms with Gasteiger partial charge >= 0.3 is 11.9 Å². The standard InChI is InChI=1S/C24H18N2O4/c1-2-29-23(27)24(28)30-18-13-14-19-20(15-18)26-22(17-11-7-4-8-12-17)21(25-19)16-9-5-3-6-10-16/h3-15H,2H2,1H3. The van der Waals surface area contributed by atoms with Gasteiger partial charge in [-0.3, -0.25) is 0 Å². The topological polar surface area (TPSA) is 78.4 Å². The average Bonchev–Trinajstić information content (AvgIpc) is 2.79. The third-order valence-corrected chi connectivity index (χ3v) is 4.38. The van der Waals surface area contributed by atoms with E-state index in [-0.39, 0.29) is 12.4 Å². The third-order valence-electron chi connectivity index (χ3n) is 4.38. The summed E-state index contributed by atoms with van der Waals surface area (Å²) in [6, 6.07) is 24.4. The summed E-state index contributed by atoms with van der Waals surface area (Å²) in [7, 11) is 0. The van der Waals surface area contributed by atoms with E-state index >= 15 is 0 Å². The van der Waals surface area contributed by atoms with Crippen LogP contribution in [0.25, 0.3) is 33.5 Å². The molecule has 0 atom stereocenters. The molecule has 0 saturated carbocycles. The van der Waals surface area contributed by atoms with Crippen LogP contribution in [0.4, 0.5) is 0 Å². The van der Waals surface area contributed by atoms with Crippen molar-refractivity contribution >= 4 is 23.0 Å². The summed E-state index contributed by atoms with van der Waals surface area (Å²) in [5.41, 5.74) is 4.52. The van der Waals surface area contributed by atoms with Crippen molar-refractivity contribution in [3.8, 4) is 28.3 Å². The highest BCUT2D eigenvalue weighted by Gasteiger charge is 2.19. The van der Waals surface area contributed by atoms with Gasteiger partial charge < -0.3 is 9.47 Å². The molecule has 0 aliphatic rings. The second-order valence-corrected chi connectivity index (χ2v) is 6.41. The Bertz CT molecular complexity index is 1210. The van der Waals surface area contributed by atoms with Gasteiger partial charge in [-0.1, -0.05) is 60.7 Å². The van der Waals surface area contributed by atoms with Crippen molar-refractivity contribution in [2.75, 3.05) is 6.61 Å². The summed E-state index contributed by atoms with van der Waals surface area (Å²) in [6.45, 7) is 1.71. The first kappa shape index (κ1) is 19.3. The van der Waals surface area contributed by atoms with Crippen LogP contribution in [-0.4, -0.2) is 28.5 Å². The molecule has 3 aromatic carbocycles. The molecule has 30 heavy (non-hydrogen) atoms. The molecule has 0 radical (unpaired) electrons. The normalized spacial score (nSPS) is 10.6. The van der Waals surface area contributed by atoms with Gasteiger partial charge in [0.1, 0.15) is 5.75 Å². The number of esters is 2. The molecule has 0 aliphatic carbocycles. The number of nitrogens with zero attached hydrogens (tertiary/aromatic N) is 2. The van der Waals surface area contributed by atoms with E-state index in [1.165, 1.54) is 0 Å². The zero-order chi connectivity index (χ0) is 20.9. The summed E-state index contributed by atoms with van der Waals surface area (Å²) in [5, 5.41) is 0. The molecule has 4 aromatic rings. The molecule has 6 nitrogen and oxygen atoms in total. The molecule has 6 heteroatoms. The smallest absolute Gasteiger partial charge is 0.422 e. The molecule has 0 bridgehead atoms. The molecule has 0 saturated heterocycles. The van der Waals surface area contributed by atoms with Crippen molar-refractivity contribution in [1.82, 2.24) is 9.97 Å². The number of hydrogen-bond acceptors (Lipinski definition) is 6. The fourth-order valence-corrected chi connectivity index (χ4v) is 3.03. The molecular formula is C24H18N2O4. The first-order valence-electron chi connectivity index (χ1n) is 9.47. The summed E-state index contributed by atoms with van der Waals surface area (Å²) in [4.78, 5) is 33.0. The SMILES string of the molecule is CCOC(=O)C(=O)Oc1ccc2nc(-c3ccccc3)c(-c3ccccc3)nc2c1. The Morgan fingerprint density at radius 3 is 1.87 bits per heavy atom. The van der Waals surface area contributed by atoms with E-state index in [1.807, 2.05) is 60.7 Å². The van der Waals surface area contributed by atoms with Crippen LogP contribution in [0, 0.1) is 0 Å². The molecule has 0 N–H and O–H groups in total. The lowest BCUT2D eigenvalue weighted by molar-refractivity contribution is -0.161. The minimum Gasteiger partial charge on any atom is -0.458 e. The zero-order valence-corrected chi connectivity index (χ0v) is 16.2. The highest BCUT2D eigenvalue weighted by molar-refractivity contribution is 6.30. The molecule has 1 aromatic heterocycles. The summed E-state index contributed by atoms with van der Waals surface area (Å²) < 4.78 is 9.78. The molecule has 0 aliphatic heterocycles. The Morgan fingerprint density at radius 2 is 1.30 bits per heavy atom. The molecule has 0 unspecified atom stereocenters. The summed E-state index contributed by atoms with van der Waals surface area (Å²) in [6.07, 6.45) is 0. The fraction of sp³-hybridized carbons (Fsp3) is 0.0833. The van der Waals surface area contributed by atoms with Gasteiger partial charge in [-0.2, -0.15) is 0 Å². The maximum atomic E-state index is 11.8. The largest absolute Gasteiger partial charge is 0.458 e. The first-order chi connectivity index (χ1) is 14.7. The molecule has 148 valence electrons. The maximum Gasteiger partial charge on any atom is 0.422 e. The van der Waals surface area contributed by atoms with Gasteiger partial charge in [0.15, 0.2) is 0 Å². The van der Waals surface area contributed by atoms with Crippen molar-refractivity contribution in [1.29, 1.82) is 0 Å². The Kier molecular flexibility index (Phi) is 5.48. The van der Waals surface area contributed by atoms with Crippen LogP contribution in [-0.2, 0) is 14.3 Å². The Hall–Kier alpha value is -4.06. The van der Waals surface area contributed by atoms with Crippen LogP contribution in [0.5, 0.6) is 5.75 Å². The number of rotatable bonds is 4. The van der Waals surface area contributed by atoms with Crippen molar-refractivity contribution in [2.45, 2.75) is 6.92 Å². The van der Waals surface area contributed by atoms with E-state index in [0.717, 1.165) is 16.8 Å². The van der Waals surface area contributed by atoms with Gasteiger partial charge in [-0.25, -0.2) is 19.6 Å². The second kappa shape index (κ2) is 8.53. The van der Waals surface area contributed by atoms with Gasteiger partial charge in [0.05, 0.1) is 29.0 Å². The van der Waals surface area contributed by atoms with Gasteiger partial charge in [0.25, 0.3) is 0 Å². The third kappa shape index (κ3) is 4.03. The van der Waals surface area contributed by atoms with Crippen molar-refractivity contribution in [3.05, 3.63) is 78.9 Å². The minimum atomic E-state index is -1.08.